The van der Waals surface area contributed by atoms with Crippen LogP contribution in [0.4, 0.5) is 0 Å². The summed E-state index contributed by atoms with van der Waals surface area (Å²) >= 11 is 0. The molecule has 0 saturated carbocycles. The summed E-state index contributed by atoms with van der Waals surface area (Å²) in [4.78, 5) is 0. The van der Waals surface area contributed by atoms with E-state index in [1.54, 1.807) is 0 Å². The summed E-state index contributed by atoms with van der Waals surface area (Å²) in [6.45, 7) is 1.29. The van der Waals surface area contributed by atoms with Crippen LogP contribution >= 0.6 is 0 Å². The van der Waals surface area contributed by atoms with Gasteiger partial charge in [-0.1, -0.05) is 0 Å². The normalized spacial score (nSPS) is 33.0. The van der Waals surface area contributed by atoms with Crippen LogP contribution < -0.4 is 16.4 Å². The van der Waals surface area contributed by atoms with Crippen LogP contribution in [0, 0.1) is 0 Å². The second-order valence-electron chi connectivity index (χ2n) is 1.36. The highest BCUT2D eigenvalue weighted by atomic mass is 16.5. The highest BCUT2D eigenvalue weighted by Crippen LogP contribution is 1.77. The molecule has 0 aromatic rings. The van der Waals surface area contributed by atoms with Crippen molar-refractivity contribution < 1.29 is 4.74 Å². The minimum Gasteiger partial charge on any atom is -0.335 e. The maximum atomic E-state index is 5.26. The lowest BCUT2D eigenvalue weighted by atomic mass is 10.8. The molecule has 1 aliphatic heterocycles. The van der Waals surface area contributed by atoms with Crippen LogP contribution in [0.1, 0.15) is 0 Å². The molecule has 0 aromatic carbocycles. The van der Waals surface area contributed by atoms with E-state index in [-0.39, 0.29) is 6.35 Å². The Morgan fingerprint density at radius 1 is 1.71 bits per heavy atom. The Bertz CT molecular complexity index is 52.1. The number of nitrogens with one attached hydrogen (secondary N) is 2. The van der Waals surface area contributed by atoms with Crippen molar-refractivity contribution in [1.29, 1.82) is 0 Å². The number of nitrogens with two attached hydrogens (primary N) is 1. The van der Waals surface area contributed by atoms with Gasteiger partial charge in [-0.2, -0.15) is 0 Å². The maximum absolute atomic E-state index is 5.26. The molecule has 0 aromatic heterocycles. The van der Waals surface area contributed by atoms with E-state index in [1.165, 1.54) is 0 Å². The van der Waals surface area contributed by atoms with Gasteiger partial charge >= 0.3 is 0 Å². The van der Waals surface area contributed by atoms with Gasteiger partial charge in [0.05, 0.1) is 6.67 Å². The van der Waals surface area contributed by atoms with Crippen molar-refractivity contribution in [3.63, 3.8) is 0 Å². The number of ether oxygens (including phenoxy) is 1. The molecule has 0 spiro atoms. The fraction of sp³-hybridized carbons (Fsp3) is 1.00. The quantitative estimate of drug-likeness (QED) is 0.344. The van der Waals surface area contributed by atoms with Gasteiger partial charge in [-0.15, -0.1) is 0 Å². The highest BCUT2D eigenvalue weighted by molar-refractivity contribution is 4.48. The van der Waals surface area contributed by atoms with E-state index in [2.05, 4.69) is 10.6 Å². The minimum absolute atomic E-state index is 0.277. The first-order valence-corrected chi connectivity index (χ1v) is 2.21. The van der Waals surface area contributed by atoms with Crippen molar-refractivity contribution in [2.45, 2.75) is 6.35 Å². The van der Waals surface area contributed by atoms with Crippen molar-refractivity contribution in [3.05, 3.63) is 0 Å². The monoisotopic (exact) mass is 103 g/mol. The molecular weight excluding hydrogens is 94.1 g/mol. The second-order valence-corrected chi connectivity index (χ2v) is 1.36. The lowest BCUT2D eigenvalue weighted by Gasteiger charge is -2.20. The van der Waals surface area contributed by atoms with Gasteiger partial charge in [0.15, 0.2) is 6.35 Å². The zero-order valence-electron chi connectivity index (χ0n) is 3.98. The van der Waals surface area contributed by atoms with E-state index >= 15 is 0 Å². The smallest absolute Gasteiger partial charge is 0.163 e. The van der Waals surface area contributed by atoms with Crippen molar-refractivity contribution >= 4 is 0 Å². The van der Waals surface area contributed by atoms with E-state index in [4.69, 9.17) is 10.5 Å². The molecule has 4 N–H and O–H groups in total. The van der Waals surface area contributed by atoms with Crippen LogP contribution in [0.15, 0.2) is 0 Å². The van der Waals surface area contributed by atoms with Gasteiger partial charge in [0.1, 0.15) is 6.73 Å². The molecule has 1 aliphatic rings. The van der Waals surface area contributed by atoms with E-state index in [0.29, 0.717) is 6.73 Å². The third kappa shape index (κ3) is 1.40. The molecule has 1 fully saturated rings. The highest BCUT2D eigenvalue weighted by Gasteiger charge is 2.03. The molecule has 42 valence electrons. The third-order valence-corrected chi connectivity index (χ3v) is 0.793. The van der Waals surface area contributed by atoms with Gasteiger partial charge in [-0.25, -0.2) is 0 Å². The molecule has 0 amide bonds. The molecule has 0 aliphatic carbocycles. The van der Waals surface area contributed by atoms with Gasteiger partial charge in [0.25, 0.3) is 0 Å². The van der Waals surface area contributed by atoms with Crippen LogP contribution in [0.5, 0.6) is 0 Å². The first-order chi connectivity index (χ1) is 3.39. The summed E-state index contributed by atoms with van der Waals surface area (Å²) in [6.07, 6.45) is -0.277. The van der Waals surface area contributed by atoms with Crippen molar-refractivity contribution in [2.24, 2.45) is 5.73 Å². The Kier molecular flexibility index (Phi) is 1.59. The Labute approximate surface area is 42.0 Å². The van der Waals surface area contributed by atoms with Crippen LogP contribution in [-0.4, -0.2) is 19.8 Å². The fourth-order valence-electron chi connectivity index (χ4n) is 0.431. The Balaban J connectivity index is 2.12. The first-order valence-electron chi connectivity index (χ1n) is 2.21. The first kappa shape index (κ1) is 4.99. The van der Waals surface area contributed by atoms with Crippen LogP contribution in [0.2, 0.25) is 0 Å². The predicted octanol–water partition coefficient (Wildman–Crippen LogP) is -1.65. The summed E-state index contributed by atoms with van der Waals surface area (Å²) in [6, 6.07) is 0. The summed E-state index contributed by atoms with van der Waals surface area (Å²) < 4.78 is 4.83. The fourth-order valence-corrected chi connectivity index (χ4v) is 0.431. The van der Waals surface area contributed by atoms with Crippen molar-refractivity contribution in [3.8, 4) is 0 Å². The standard InChI is InChI=1S/C3H9N3O/c4-3-6-1-5-2-7-3/h3,5-6H,1-2,4H2. The van der Waals surface area contributed by atoms with E-state index in [9.17, 15) is 0 Å². The average molecular weight is 103 g/mol. The van der Waals surface area contributed by atoms with E-state index in [0.717, 1.165) is 6.67 Å². The van der Waals surface area contributed by atoms with Crippen LogP contribution in [0.3, 0.4) is 0 Å². The van der Waals surface area contributed by atoms with Gasteiger partial charge in [-0.05, 0) is 0 Å². The number of rotatable bonds is 0. The number of hydrogen-bond acceptors (Lipinski definition) is 4. The summed E-state index contributed by atoms with van der Waals surface area (Å²) in [5, 5.41) is 5.73. The Morgan fingerprint density at radius 3 is 2.86 bits per heavy atom. The van der Waals surface area contributed by atoms with Crippen LogP contribution in [0.25, 0.3) is 0 Å². The molecule has 1 atom stereocenters. The lowest BCUT2D eigenvalue weighted by molar-refractivity contribution is -0.0106. The van der Waals surface area contributed by atoms with E-state index < -0.39 is 0 Å². The van der Waals surface area contributed by atoms with Gasteiger partial charge in [0, 0.05) is 0 Å². The van der Waals surface area contributed by atoms with E-state index in [1.807, 2.05) is 0 Å². The van der Waals surface area contributed by atoms with Crippen molar-refractivity contribution in [1.82, 2.24) is 10.6 Å². The lowest BCUT2D eigenvalue weighted by Crippen LogP contribution is -2.51. The summed E-state index contributed by atoms with van der Waals surface area (Å²) in [7, 11) is 0. The maximum Gasteiger partial charge on any atom is 0.163 e. The molecule has 4 heteroatoms. The largest absolute Gasteiger partial charge is 0.335 e. The SMILES string of the molecule is NC1NCNCO1. The molecule has 1 rings (SSSR count). The zero-order chi connectivity index (χ0) is 5.11. The summed E-state index contributed by atoms with van der Waals surface area (Å²) in [5.74, 6) is 0. The molecule has 1 unspecified atom stereocenters. The average Bonchev–Trinajstić information content (AvgIpc) is 1.69. The van der Waals surface area contributed by atoms with Gasteiger partial charge in [0.2, 0.25) is 0 Å². The summed E-state index contributed by atoms with van der Waals surface area (Å²) in [5.41, 5.74) is 5.26. The third-order valence-electron chi connectivity index (χ3n) is 0.793. The zero-order valence-corrected chi connectivity index (χ0v) is 3.98. The predicted molar refractivity (Wildman–Crippen MR) is 25.1 cm³/mol. The molecule has 1 saturated heterocycles. The molecule has 1 heterocycles. The Hall–Kier alpha value is -0.160. The van der Waals surface area contributed by atoms with Crippen molar-refractivity contribution in [2.75, 3.05) is 13.4 Å². The van der Waals surface area contributed by atoms with Gasteiger partial charge < -0.3 is 4.74 Å². The Morgan fingerprint density at radius 2 is 2.57 bits per heavy atom. The second kappa shape index (κ2) is 2.23. The topological polar surface area (TPSA) is 59.3 Å². The number of hydrogen-bond donors (Lipinski definition) is 3. The van der Waals surface area contributed by atoms with Gasteiger partial charge in [-0.3, -0.25) is 16.4 Å². The van der Waals surface area contributed by atoms with Crippen LogP contribution in [-0.2, 0) is 4.74 Å². The molecule has 0 radical (unpaired) electrons. The molecule has 0 bridgehead atoms. The molecular formula is C3H9N3O. The minimum atomic E-state index is -0.277. The molecule has 7 heavy (non-hydrogen) atoms. The molecule has 4 nitrogen and oxygen atoms in total.